The Hall–Kier alpha value is -2.75. The van der Waals surface area contributed by atoms with Crippen LogP contribution in [0.2, 0.25) is 0 Å². The first kappa shape index (κ1) is 19.0. The fourth-order valence-electron chi connectivity index (χ4n) is 3.65. The highest BCUT2D eigenvalue weighted by Crippen LogP contribution is 2.34. The number of benzene rings is 2. The van der Waals surface area contributed by atoms with Crippen LogP contribution in [0, 0.1) is 6.92 Å². The minimum absolute atomic E-state index is 0.0990. The van der Waals surface area contributed by atoms with E-state index in [0.29, 0.717) is 0 Å². The van der Waals surface area contributed by atoms with E-state index in [1.54, 1.807) is 0 Å². The quantitative estimate of drug-likeness (QED) is 0.655. The molecular weight excluding hydrogens is 332 g/mol. The molecule has 4 nitrogen and oxygen atoms in total. The first-order valence-electron chi connectivity index (χ1n) is 9.67. The highest BCUT2D eigenvalue weighted by molar-refractivity contribution is 5.55. The molecule has 1 heterocycles. The molecule has 1 atom stereocenters. The molecule has 142 valence electrons. The van der Waals surface area contributed by atoms with Gasteiger partial charge in [0.1, 0.15) is 5.82 Å². The van der Waals surface area contributed by atoms with Crippen molar-refractivity contribution in [3.05, 3.63) is 77.4 Å². The summed E-state index contributed by atoms with van der Waals surface area (Å²) in [5.74, 6) is 1.08. The van der Waals surface area contributed by atoms with Crippen LogP contribution < -0.4 is 9.80 Å². The fraction of sp³-hybridized carbons (Fsp3) is 0.348. The number of rotatable bonds is 7. The van der Waals surface area contributed by atoms with Crippen molar-refractivity contribution in [3.8, 4) is 0 Å². The van der Waals surface area contributed by atoms with Crippen molar-refractivity contribution in [2.75, 3.05) is 37.0 Å². The van der Waals surface area contributed by atoms with Crippen LogP contribution in [0.1, 0.15) is 42.3 Å². The molecule has 0 saturated carbocycles. The molecule has 0 spiro atoms. The summed E-state index contributed by atoms with van der Waals surface area (Å²) in [5.41, 5.74) is 6.30. The largest absolute Gasteiger partial charge is 0.378 e. The van der Waals surface area contributed by atoms with Crippen molar-refractivity contribution in [1.29, 1.82) is 0 Å². The summed E-state index contributed by atoms with van der Waals surface area (Å²) < 4.78 is 0. The Morgan fingerprint density at radius 3 is 2.15 bits per heavy atom. The van der Waals surface area contributed by atoms with E-state index in [1.807, 2.05) is 12.4 Å². The lowest BCUT2D eigenvalue weighted by Crippen LogP contribution is -2.22. The molecule has 1 N–H and O–H groups in total. The first-order valence-corrected chi connectivity index (χ1v) is 9.67. The molecule has 3 aromatic rings. The van der Waals surface area contributed by atoms with Crippen LogP contribution >= 0.6 is 0 Å². The molecule has 2 aromatic carbocycles. The summed E-state index contributed by atoms with van der Waals surface area (Å²) in [6.45, 7) is 8.63. The SMILES string of the molecule is CCN(CC)c1ccc(C(c2ccc(N(C)C)cc2)c2ncc[nH]2)c(C)c1. The molecule has 4 heteroatoms. The van der Waals surface area contributed by atoms with Crippen LogP contribution in [0.15, 0.2) is 54.9 Å². The highest BCUT2D eigenvalue weighted by atomic mass is 15.1. The van der Waals surface area contributed by atoms with Crippen LogP contribution in [0.4, 0.5) is 11.4 Å². The number of hydrogen-bond acceptors (Lipinski definition) is 3. The van der Waals surface area contributed by atoms with E-state index in [-0.39, 0.29) is 5.92 Å². The minimum atomic E-state index is 0.0990. The zero-order valence-electron chi connectivity index (χ0n) is 17.0. The molecule has 3 rings (SSSR count). The van der Waals surface area contributed by atoms with Crippen molar-refractivity contribution in [1.82, 2.24) is 9.97 Å². The summed E-state index contributed by atoms with van der Waals surface area (Å²) in [4.78, 5) is 12.4. The second kappa shape index (κ2) is 8.30. The molecular formula is C23H30N4. The number of aromatic amines is 1. The second-order valence-corrected chi connectivity index (χ2v) is 7.11. The van der Waals surface area contributed by atoms with E-state index in [9.17, 15) is 0 Å². The molecule has 0 aliphatic rings. The molecule has 1 unspecified atom stereocenters. The third kappa shape index (κ3) is 4.00. The van der Waals surface area contributed by atoms with Gasteiger partial charge in [-0.15, -0.1) is 0 Å². The molecule has 27 heavy (non-hydrogen) atoms. The summed E-state index contributed by atoms with van der Waals surface area (Å²) in [5, 5.41) is 0. The third-order valence-electron chi connectivity index (χ3n) is 5.23. The lowest BCUT2D eigenvalue weighted by Gasteiger charge is -2.24. The topological polar surface area (TPSA) is 35.2 Å². The second-order valence-electron chi connectivity index (χ2n) is 7.11. The highest BCUT2D eigenvalue weighted by Gasteiger charge is 2.21. The van der Waals surface area contributed by atoms with E-state index in [2.05, 4.69) is 97.1 Å². The van der Waals surface area contributed by atoms with E-state index in [0.717, 1.165) is 18.9 Å². The molecule has 0 amide bonds. The Morgan fingerprint density at radius 1 is 0.963 bits per heavy atom. The number of nitrogens with one attached hydrogen (secondary N) is 1. The van der Waals surface area contributed by atoms with Crippen molar-refractivity contribution in [3.63, 3.8) is 0 Å². The average Bonchev–Trinajstić information content (AvgIpc) is 3.19. The van der Waals surface area contributed by atoms with Gasteiger partial charge in [0, 0.05) is 51.0 Å². The van der Waals surface area contributed by atoms with Crippen LogP contribution in [0.3, 0.4) is 0 Å². The maximum absolute atomic E-state index is 4.58. The van der Waals surface area contributed by atoms with Crippen LogP contribution in [-0.4, -0.2) is 37.2 Å². The zero-order chi connectivity index (χ0) is 19.4. The van der Waals surface area contributed by atoms with Crippen molar-refractivity contribution in [2.24, 2.45) is 0 Å². The van der Waals surface area contributed by atoms with Gasteiger partial charge in [-0.05, 0) is 61.7 Å². The van der Waals surface area contributed by atoms with Gasteiger partial charge in [0.05, 0.1) is 5.92 Å². The Kier molecular flexibility index (Phi) is 5.84. The van der Waals surface area contributed by atoms with E-state index < -0.39 is 0 Å². The van der Waals surface area contributed by atoms with Gasteiger partial charge in [-0.2, -0.15) is 0 Å². The van der Waals surface area contributed by atoms with Gasteiger partial charge in [-0.25, -0.2) is 4.98 Å². The number of aryl methyl sites for hydroxylation is 1. The number of hydrogen-bond donors (Lipinski definition) is 1. The Morgan fingerprint density at radius 2 is 1.63 bits per heavy atom. The lowest BCUT2D eigenvalue weighted by molar-refractivity contribution is 0.854. The number of aromatic nitrogens is 2. The standard InChI is InChI=1S/C23H30N4/c1-6-27(7-2)20-12-13-21(17(3)16-20)22(23-24-14-15-25-23)18-8-10-19(11-9-18)26(4)5/h8-16,22H,6-7H2,1-5H3,(H,24,25). The van der Waals surface area contributed by atoms with Crippen LogP contribution in [0.5, 0.6) is 0 Å². The van der Waals surface area contributed by atoms with Crippen LogP contribution in [0.25, 0.3) is 0 Å². The predicted octanol–water partition coefficient (Wildman–Crippen LogP) is 4.81. The Labute approximate surface area is 162 Å². The normalized spacial score (nSPS) is 12.0. The Balaban J connectivity index is 2.04. The van der Waals surface area contributed by atoms with E-state index >= 15 is 0 Å². The molecule has 1 aromatic heterocycles. The molecule has 0 saturated heterocycles. The number of imidazole rings is 1. The number of anilines is 2. The number of H-pyrrole nitrogens is 1. The molecule has 0 aliphatic heterocycles. The first-order chi connectivity index (χ1) is 13.0. The molecule has 0 fully saturated rings. The van der Waals surface area contributed by atoms with Gasteiger partial charge < -0.3 is 14.8 Å². The monoisotopic (exact) mass is 362 g/mol. The fourth-order valence-corrected chi connectivity index (χ4v) is 3.65. The summed E-state index contributed by atoms with van der Waals surface area (Å²) >= 11 is 0. The summed E-state index contributed by atoms with van der Waals surface area (Å²) in [6, 6.07) is 15.6. The summed E-state index contributed by atoms with van der Waals surface area (Å²) in [6.07, 6.45) is 3.73. The predicted molar refractivity (Wildman–Crippen MR) is 115 cm³/mol. The maximum atomic E-state index is 4.58. The lowest BCUT2D eigenvalue weighted by atomic mass is 9.87. The van der Waals surface area contributed by atoms with Gasteiger partial charge in [-0.1, -0.05) is 18.2 Å². The molecule has 0 aliphatic carbocycles. The van der Waals surface area contributed by atoms with Gasteiger partial charge in [-0.3, -0.25) is 0 Å². The van der Waals surface area contributed by atoms with Crippen molar-refractivity contribution in [2.45, 2.75) is 26.7 Å². The Bertz CT molecular complexity index is 847. The minimum Gasteiger partial charge on any atom is -0.378 e. The molecule has 0 bridgehead atoms. The van der Waals surface area contributed by atoms with Crippen molar-refractivity contribution >= 4 is 11.4 Å². The number of nitrogens with zero attached hydrogens (tertiary/aromatic N) is 3. The van der Waals surface area contributed by atoms with Gasteiger partial charge >= 0.3 is 0 Å². The maximum Gasteiger partial charge on any atom is 0.118 e. The third-order valence-corrected chi connectivity index (χ3v) is 5.23. The summed E-state index contributed by atoms with van der Waals surface area (Å²) in [7, 11) is 4.13. The smallest absolute Gasteiger partial charge is 0.118 e. The molecule has 0 radical (unpaired) electrons. The average molecular weight is 363 g/mol. The zero-order valence-corrected chi connectivity index (χ0v) is 17.0. The van der Waals surface area contributed by atoms with Crippen molar-refractivity contribution < 1.29 is 0 Å². The van der Waals surface area contributed by atoms with E-state index in [4.69, 9.17) is 0 Å². The van der Waals surface area contributed by atoms with Gasteiger partial charge in [0.2, 0.25) is 0 Å². The van der Waals surface area contributed by atoms with Gasteiger partial charge in [0.15, 0.2) is 0 Å². The van der Waals surface area contributed by atoms with Crippen LogP contribution in [-0.2, 0) is 0 Å². The van der Waals surface area contributed by atoms with E-state index in [1.165, 1.54) is 28.1 Å². The van der Waals surface area contributed by atoms with Gasteiger partial charge in [0.25, 0.3) is 0 Å².